The van der Waals surface area contributed by atoms with E-state index >= 15 is 0 Å². The van der Waals surface area contributed by atoms with E-state index in [-0.39, 0.29) is 24.2 Å². The van der Waals surface area contributed by atoms with E-state index in [1.165, 1.54) is 25.7 Å². The van der Waals surface area contributed by atoms with E-state index in [2.05, 4.69) is 26.1 Å². The molecule has 1 amide bonds. The Morgan fingerprint density at radius 2 is 1.78 bits per heavy atom. The maximum Gasteiger partial charge on any atom is 0.311 e. The summed E-state index contributed by atoms with van der Waals surface area (Å²) in [4.78, 5) is 24.2. The number of nitrogens with one attached hydrogen (secondary N) is 1. The number of hydrogen-bond acceptors (Lipinski definition) is 4. The molecule has 0 aromatic heterocycles. The minimum absolute atomic E-state index is 0. The van der Waals surface area contributed by atoms with Crippen molar-refractivity contribution in [1.29, 1.82) is 0 Å². The van der Waals surface area contributed by atoms with Gasteiger partial charge in [0.2, 0.25) is 5.91 Å². The molecule has 0 aliphatic carbocycles. The van der Waals surface area contributed by atoms with Gasteiger partial charge in [-0.2, -0.15) is 0 Å². The van der Waals surface area contributed by atoms with Crippen LogP contribution in [0.2, 0.25) is 0 Å². The Morgan fingerprint density at radius 1 is 1.12 bits per heavy atom. The number of unbranched alkanes of at least 4 members (excludes halogenated alkanes) is 5. The monoisotopic (exact) mass is 470 g/mol. The smallest absolute Gasteiger partial charge is 0.311 e. The SMILES string of the molecule is CCCCCCCCC(=O)NCc1ccc([C@H](C(=O)O)C(CN)CC(C)C)c(OC)c1.Cl. The number of carbonyl (C=O) groups excluding carboxylic acids is 1. The van der Waals surface area contributed by atoms with Gasteiger partial charge in [0.1, 0.15) is 5.75 Å². The quantitative estimate of drug-likeness (QED) is 0.285. The highest BCUT2D eigenvalue weighted by atomic mass is 35.5. The van der Waals surface area contributed by atoms with Crippen molar-refractivity contribution in [1.82, 2.24) is 5.32 Å². The number of halogens is 1. The van der Waals surface area contributed by atoms with Crippen molar-refractivity contribution in [3.05, 3.63) is 29.3 Å². The van der Waals surface area contributed by atoms with Crippen molar-refractivity contribution >= 4 is 24.3 Å². The van der Waals surface area contributed by atoms with E-state index < -0.39 is 11.9 Å². The summed E-state index contributed by atoms with van der Waals surface area (Å²) in [5.41, 5.74) is 7.44. The average molecular weight is 471 g/mol. The second kappa shape index (κ2) is 16.8. The molecule has 1 aromatic carbocycles. The maximum atomic E-state index is 12.1. The van der Waals surface area contributed by atoms with Gasteiger partial charge in [-0.3, -0.25) is 9.59 Å². The molecule has 0 saturated carbocycles. The predicted molar refractivity (Wildman–Crippen MR) is 132 cm³/mol. The number of aliphatic carboxylic acids is 1. The Balaban J connectivity index is 0.00000961. The van der Waals surface area contributed by atoms with Crippen molar-refractivity contribution in [2.75, 3.05) is 13.7 Å². The number of carboxylic acid groups (broad SMARTS) is 1. The Kier molecular flexibility index (Phi) is 15.8. The molecule has 0 heterocycles. The summed E-state index contributed by atoms with van der Waals surface area (Å²) in [6.45, 7) is 7.02. The molecule has 184 valence electrons. The van der Waals surface area contributed by atoms with Crippen molar-refractivity contribution in [3.63, 3.8) is 0 Å². The first-order valence-corrected chi connectivity index (χ1v) is 11.7. The molecule has 0 aliphatic heterocycles. The van der Waals surface area contributed by atoms with Crippen molar-refractivity contribution < 1.29 is 19.4 Å². The predicted octanol–water partition coefficient (Wildman–Crippen LogP) is 5.27. The molecule has 7 heteroatoms. The fourth-order valence-corrected chi connectivity index (χ4v) is 4.04. The summed E-state index contributed by atoms with van der Waals surface area (Å²) in [5.74, 6) is -0.871. The number of rotatable bonds is 16. The highest BCUT2D eigenvalue weighted by Gasteiger charge is 2.31. The van der Waals surface area contributed by atoms with Crippen molar-refractivity contribution in [2.24, 2.45) is 17.6 Å². The Hall–Kier alpha value is -1.79. The Morgan fingerprint density at radius 3 is 2.34 bits per heavy atom. The number of benzene rings is 1. The molecular formula is C25H43ClN2O4. The highest BCUT2D eigenvalue weighted by Crippen LogP contribution is 2.35. The van der Waals surface area contributed by atoms with Crippen LogP contribution < -0.4 is 15.8 Å². The van der Waals surface area contributed by atoms with Crippen LogP contribution in [0.3, 0.4) is 0 Å². The van der Waals surface area contributed by atoms with E-state index in [4.69, 9.17) is 10.5 Å². The largest absolute Gasteiger partial charge is 0.496 e. The first-order chi connectivity index (χ1) is 14.8. The summed E-state index contributed by atoms with van der Waals surface area (Å²) >= 11 is 0. The molecule has 0 fully saturated rings. The van der Waals surface area contributed by atoms with E-state index in [1.54, 1.807) is 13.2 Å². The van der Waals surface area contributed by atoms with Crippen LogP contribution in [0.15, 0.2) is 18.2 Å². The van der Waals surface area contributed by atoms with Crippen LogP contribution in [-0.4, -0.2) is 30.6 Å². The fourth-order valence-electron chi connectivity index (χ4n) is 4.04. The lowest BCUT2D eigenvalue weighted by atomic mass is 9.80. The number of hydrogen-bond donors (Lipinski definition) is 3. The van der Waals surface area contributed by atoms with Crippen LogP contribution in [0.25, 0.3) is 0 Å². The molecule has 1 unspecified atom stereocenters. The van der Waals surface area contributed by atoms with Gasteiger partial charge >= 0.3 is 5.97 Å². The molecule has 1 aromatic rings. The van der Waals surface area contributed by atoms with Gasteiger partial charge in [0.25, 0.3) is 0 Å². The number of methoxy groups -OCH3 is 1. The number of carboxylic acids is 1. The zero-order valence-corrected chi connectivity index (χ0v) is 21.0. The number of nitrogens with two attached hydrogens (primary N) is 1. The lowest BCUT2D eigenvalue weighted by Gasteiger charge is -2.26. The average Bonchev–Trinajstić information content (AvgIpc) is 2.74. The van der Waals surface area contributed by atoms with E-state index in [0.29, 0.717) is 36.7 Å². The van der Waals surface area contributed by atoms with Crippen LogP contribution in [0.1, 0.15) is 89.2 Å². The first-order valence-electron chi connectivity index (χ1n) is 11.7. The zero-order valence-electron chi connectivity index (χ0n) is 20.2. The topological polar surface area (TPSA) is 102 Å². The zero-order chi connectivity index (χ0) is 23.2. The molecule has 2 atom stereocenters. The van der Waals surface area contributed by atoms with Crippen LogP contribution in [-0.2, 0) is 16.1 Å². The Bertz CT molecular complexity index is 682. The van der Waals surface area contributed by atoms with Crippen LogP contribution in [0, 0.1) is 11.8 Å². The molecule has 0 bridgehead atoms. The van der Waals surface area contributed by atoms with Gasteiger partial charge in [-0.05, 0) is 42.9 Å². The lowest BCUT2D eigenvalue weighted by Crippen LogP contribution is -2.29. The van der Waals surface area contributed by atoms with Crippen molar-refractivity contribution in [2.45, 2.75) is 84.6 Å². The second-order valence-corrected chi connectivity index (χ2v) is 8.81. The van der Waals surface area contributed by atoms with Gasteiger partial charge in [-0.15, -0.1) is 12.4 Å². The lowest BCUT2D eigenvalue weighted by molar-refractivity contribution is -0.140. The summed E-state index contributed by atoms with van der Waals surface area (Å²) in [6.07, 6.45) is 8.17. The third kappa shape index (κ3) is 10.7. The summed E-state index contributed by atoms with van der Waals surface area (Å²) in [7, 11) is 1.54. The molecule has 0 spiro atoms. The molecule has 0 aliphatic rings. The third-order valence-electron chi connectivity index (χ3n) is 5.69. The normalized spacial score (nSPS) is 12.7. The molecule has 0 saturated heterocycles. The summed E-state index contributed by atoms with van der Waals surface area (Å²) < 4.78 is 5.52. The maximum absolute atomic E-state index is 12.1. The van der Waals surface area contributed by atoms with Gasteiger partial charge in [0.05, 0.1) is 13.0 Å². The molecule has 4 N–H and O–H groups in total. The second-order valence-electron chi connectivity index (χ2n) is 8.81. The molecule has 32 heavy (non-hydrogen) atoms. The third-order valence-corrected chi connectivity index (χ3v) is 5.69. The molecule has 6 nitrogen and oxygen atoms in total. The molecular weight excluding hydrogens is 428 g/mol. The molecule has 0 radical (unpaired) electrons. The highest BCUT2D eigenvalue weighted by molar-refractivity contribution is 5.85. The summed E-state index contributed by atoms with van der Waals surface area (Å²) in [6, 6.07) is 5.48. The van der Waals surface area contributed by atoms with Gasteiger partial charge in [-0.25, -0.2) is 0 Å². The minimum Gasteiger partial charge on any atom is -0.496 e. The van der Waals surface area contributed by atoms with E-state index in [9.17, 15) is 14.7 Å². The van der Waals surface area contributed by atoms with E-state index in [0.717, 1.165) is 24.8 Å². The van der Waals surface area contributed by atoms with E-state index in [1.807, 2.05) is 12.1 Å². The number of carbonyl (C=O) groups is 2. The molecule has 1 rings (SSSR count). The van der Waals surface area contributed by atoms with Gasteiger partial charge < -0.3 is 20.9 Å². The van der Waals surface area contributed by atoms with Crippen LogP contribution in [0.5, 0.6) is 5.75 Å². The van der Waals surface area contributed by atoms with Gasteiger partial charge in [0, 0.05) is 18.5 Å². The van der Waals surface area contributed by atoms with Crippen molar-refractivity contribution in [3.8, 4) is 5.75 Å². The first kappa shape index (κ1) is 30.2. The summed E-state index contributed by atoms with van der Waals surface area (Å²) in [5, 5.41) is 12.8. The fraction of sp³-hybridized carbons (Fsp3) is 0.680. The number of ether oxygens (including phenoxy) is 1. The van der Waals surface area contributed by atoms with Crippen LogP contribution in [0.4, 0.5) is 0 Å². The standard InChI is InChI=1S/C25H42N2O4.ClH/c1-5-6-7-8-9-10-11-23(28)27-17-19-12-13-21(22(15-19)31-4)24(25(29)30)20(16-26)14-18(2)3;/h12-13,15,18,20,24H,5-11,14,16-17,26H2,1-4H3,(H,27,28)(H,29,30);1H/t20?,24-;/m1./s1. The number of amides is 1. The van der Waals surface area contributed by atoms with Gasteiger partial charge in [-0.1, -0.05) is 65.0 Å². The van der Waals surface area contributed by atoms with Gasteiger partial charge in [0.15, 0.2) is 0 Å². The Labute approximate surface area is 200 Å². The van der Waals surface area contributed by atoms with Crippen LogP contribution >= 0.6 is 12.4 Å². The minimum atomic E-state index is -0.894.